The monoisotopic (exact) mass is 336 g/mol. The van der Waals surface area contributed by atoms with Gasteiger partial charge in [-0.25, -0.2) is 4.98 Å². The Kier molecular flexibility index (Phi) is 6.84. The molecule has 0 aromatic carbocycles. The zero-order valence-electron chi connectivity index (χ0n) is 13.4. The third-order valence-electron chi connectivity index (χ3n) is 3.46. The fourth-order valence-electron chi connectivity index (χ4n) is 2.32. The second-order valence-corrected chi connectivity index (χ2v) is 6.21. The van der Waals surface area contributed by atoms with Crippen LogP contribution in [0, 0.1) is 5.92 Å². The second kappa shape index (κ2) is 7.94. The van der Waals surface area contributed by atoms with Gasteiger partial charge in [0.15, 0.2) is 5.69 Å². The zero-order chi connectivity index (χ0) is 16.9. The number of hydrogen-bond acceptors (Lipinski definition) is 3. The van der Waals surface area contributed by atoms with Gasteiger partial charge in [0.2, 0.25) is 5.91 Å². The number of thiazole rings is 1. The highest BCUT2D eigenvalue weighted by molar-refractivity contribution is 7.09. The first-order chi connectivity index (χ1) is 10.3. The molecule has 22 heavy (non-hydrogen) atoms. The number of piperidine rings is 1. The van der Waals surface area contributed by atoms with E-state index in [9.17, 15) is 18.0 Å². The highest BCUT2D eigenvalue weighted by atomic mass is 32.1. The highest BCUT2D eigenvalue weighted by Gasteiger charge is 2.35. The van der Waals surface area contributed by atoms with Gasteiger partial charge >= 0.3 is 6.18 Å². The Morgan fingerprint density at radius 1 is 1.32 bits per heavy atom. The number of amides is 1. The number of likely N-dealkylation sites (tertiary alicyclic amines) is 1. The minimum atomic E-state index is -4.37. The van der Waals surface area contributed by atoms with Crippen LogP contribution in [0.4, 0.5) is 13.2 Å². The van der Waals surface area contributed by atoms with E-state index in [1.165, 1.54) is 0 Å². The minimum Gasteiger partial charge on any atom is -0.342 e. The van der Waals surface area contributed by atoms with Crippen LogP contribution in [0.1, 0.15) is 57.2 Å². The molecule has 0 atom stereocenters. The normalized spacial score (nSPS) is 16.5. The maximum absolute atomic E-state index is 12.5. The van der Waals surface area contributed by atoms with Crippen molar-refractivity contribution in [3.63, 3.8) is 0 Å². The van der Waals surface area contributed by atoms with Crippen LogP contribution in [0.25, 0.3) is 0 Å². The topological polar surface area (TPSA) is 33.2 Å². The summed E-state index contributed by atoms with van der Waals surface area (Å²) in [4.78, 5) is 17.3. The van der Waals surface area contributed by atoms with E-state index in [-0.39, 0.29) is 17.7 Å². The van der Waals surface area contributed by atoms with E-state index in [1.54, 1.807) is 4.90 Å². The number of carbonyl (C=O) groups is 1. The van der Waals surface area contributed by atoms with Gasteiger partial charge < -0.3 is 4.90 Å². The van der Waals surface area contributed by atoms with Crippen molar-refractivity contribution >= 4 is 17.2 Å². The Balaban J connectivity index is 0.00000116. The van der Waals surface area contributed by atoms with Crippen molar-refractivity contribution in [3.8, 4) is 0 Å². The number of nitrogens with zero attached hydrogens (tertiary/aromatic N) is 2. The second-order valence-electron chi connectivity index (χ2n) is 5.32. The zero-order valence-corrected chi connectivity index (χ0v) is 14.2. The Labute approximate surface area is 133 Å². The molecule has 126 valence electrons. The molecule has 1 aliphatic heterocycles. The first kappa shape index (κ1) is 18.9. The van der Waals surface area contributed by atoms with Crippen molar-refractivity contribution in [2.24, 2.45) is 5.92 Å². The third-order valence-corrected chi connectivity index (χ3v) is 4.47. The van der Waals surface area contributed by atoms with Crippen LogP contribution in [0.2, 0.25) is 0 Å². The van der Waals surface area contributed by atoms with Gasteiger partial charge in [-0.1, -0.05) is 27.7 Å². The van der Waals surface area contributed by atoms with Gasteiger partial charge in [-0.2, -0.15) is 13.2 Å². The van der Waals surface area contributed by atoms with E-state index < -0.39 is 11.9 Å². The average molecular weight is 336 g/mol. The molecule has 0 bridgehead atoms. The van der Waals surface area contributed by atoms with Crippen LogP contribution in [0.3, 0.4) is 0 Å². The van der Waals surface area contributed by atoms with Gasteiger partial charge in [0, 0.05) is 30.3 Å². The maximum Gasteiger partial charge on any atom is 0.434 e. The van der Waals surface area contributed by atoms with Crippen LogP contribution in [0.5, 0.6) is 0 Å². The van der Waals surface area contributed by atoms with E-state index in [4.69, 9.17) is 0 Å². The van der Waals surface area contributed by atoms with Crippen molar-refractivity contribution in [1.82, 2.24) is 9.88 Å². The molecule has 1 amide bonds. The molecule has 1 fully saturated rings. The smallest absolute Gasteiger partial charge is 0.342 e. The van der Waals surface area contributed by atoms with Gasteiger partial charge in [-0.3, -0.25) is 4.79 Å². The molecular formula is C15H23F3N2OS. The summed E-state index contributed by atoms with van der Waals surface area (Å²) in [6, 6.07) is 0. The molecule has 7 heteroatoms. The van der Waals surface area contributed by atoms with E-state index in [2.05, 4.69) is 4.98 Å². The lowest BCUT2D eigenvalue weighted by Gasteiger charge is -2.32. The molecule has 0 unspecified atom stereocenters. The van der Waals surface area contributed by atoms with E-state index in [0.29, 0.717) is 30.9 Å². The summed E-state index contributed by atoms with van der Waals surface area (Å²) in [7, 11) is 0. The van der Waals surface area contributed by atoms with Crippen LogP contribution in [-0.4, -0.2) is 28.9 Å². The quantitative estimate of drug-likeness (QED) is 0.794. The Bertz CT molecular complexity index is 477. The molecule has 2 rings (SSSR count). The molecule has 2 heterocycles. The minimum absolute atomic E-state index is 0.0345. The number of alkyl halides is 3. The summed E-state index contributed by atoms with van der Waals surface area (Å²) < 4.78 is 37.5. The van der Waals surface area contributed by atoms with Gasteiger partial charge in [-0.15, -0.1) is 11.3 Å². The number of hydrogen-bond donors (Lipinski definition) is 0. The maximum atomic E-state index is 12.5. The van der Waals surface area contributed by atoms with Crippen LogP contribution in [0.15, 0.2) is 5.38 Å². The van der Waals surface area contributed by atoms with Crippen molar-refractivity contribution < 1.29 is 18.0 Å². The summed E-state index contributed by atoms with van der Waals surface area (Å²) in [6.45, 7) is 8.90. The predicted molar refractivity (Wildman–Crippen MR) is 81.9 cm³/mol. The van der Waals surface area contributed by atoms with Crippen LogP contribution in [-0.2, 0) is 11.0 Å². The average Bonchev–Trinajstić information content (AvgIpc) is 2.98. The lowest BCUT2D eigenvalue weighted by atomic mass is 9.96. The Morgan fingerprint density at radius 3 is 2.27 bits per heavy atom. The molecule has 3 nitrogen and oxygen atoms in total. The van der Waals surface area contributed by atoms with E-state index in [1.807, 2.05) is 27.7 Å². The molecule has 1 saturated heterocycles. The SMILES string of the molecule is CC.CC(C)C(=O)N1CCC(c2nc(C(F)(F)F)cs2)CC1. The van der Waals surface area contributed by atoms with Gasteiger partial charge in [0.1, 0.15) is 0 Å². The van der Waals surface area contributed by atoms with Crippen LogP contribution < -0.4 is 0 Å². The summed E-state index contributed by atoms with van der Waals surface area (Å²) >= 11 is 1.06. The summed E-state index contributed by atoms with van der Waals surface area (Å²) in [5.74, 6) is 0.106. The molecule has 0 saturated carbocycles. The highest BCUT2D eigenvalue weighted by Crippen LogP contribution is 2.35. The van der Waals surface area contributed by atoms with Gasteiger partial charge in [0.05, 0.1) is 5.01 Å². The summed E-state index contributed by atoms with van der Waals surface area (Å²) in [5.41, 5.74) is -0.807. The fourth-order valence-corrected chi connectivity index (χ4v) is 3.32. The van der Waals surface area contributed by atoms with Crippen molar-refractivity contribution in [1.29, 1.82) is 0 Å². The molecule has 0 aliphatic carbocycles. The first-order valence-electron chi connectivity index (χ1n) is 7.60. The lowest BCUT2D eigenvalue weighted by molar-refractivity contribution is -0.140. The van der Waals surface area contributed by atoms with Crippen molar-refractivity contribution in [2.45, 2.75) is 52.6 Å². The molecule has 0 radical (unpaired) electrons. The van der Waals surface area contributed by atoms with E-state index in [0.717, 1.165) is 16.7 Å². The third kappa shape index (κ3) is 4.69. The van der Waals surface area contributed by atoms with E-state index >= 15 is 0 Å². The van der Waals surface area contributed by atoms with Gasteiger partial charge in [0.25, 0.3) is 0 Å². The predicted octanol–water partition coefficient (Wildman–Crippen LogP) is 4.55. The molecule has 1 aromatic rings. The number of halogens is 3. The Hall–Kier alpha value is -1.11. The van der Waals surface area contributed by atoms with Crippen molar-refractivity contribution in [2.75, 3.05) is 13.1 Å². The summed E-state index contributed by atoms with van der Waals surface area (Å²) in [6.07, 6.45) is -3.00. The van der Waals surface area contributed by atoms with Crippen molar-refractivity contribution in [3.05, 3.63) is 16.1 Å². The first-order valence-corrected chi connectivity index (χ1v) is 8.48. The molecular weight excluding hydrogens is 313 g/mol. The Morgan fingerprint density at radius 2 is 1.86 bits per heavy atom. The lowest BCUT2D eigenvalue weighted by Crippen LogP contribution is -2.40. The van der Waals surface area contributed by atoms with Crippen LogP contribution >= 0.6 is 11.3 Å². The molecule has 0 N–H and O–H groups in total. The number of aromatic nitrogens is 1. The number of carbonyl (C=O) groups excluding carboxylic acids is 1. The molecule has 1 aliphatic rings. The molecule has 0 spiro atoms. The largest absolute Gasteiger partial charge is 0.434 e. The van der Waals surface area contributed by atoms with Gasteiger partial charge in [-0.05, 0) is 12.8 Å². The fraction of sp³-hybridized carbons (Fsp3) is 0.733. The standard InChI is InChI=1S/C13H17F3N2OS.C2H6/c1-8(2)12(19)18-5-3-9(4-6-18)11-17-10(7-20-11)13(14,15)16;1-2/h7-9H,3-6H2,1-2H3;1-2H3. The molecule has 1 aromatic heterocycles. The number of rotatable bonds is 2. The summed E-state index contributed by atoms with van der Waals surface area (Å²) in [5, 5.41) is 1.61.